The lowest BCUT2D eigenvalue weighted by molar-refractivity contribution is -0.122. The molecule has 1 atom stereocenters. The van der Waals surface area contributed by atoms with Gasteiger partial charge in [-0.1, -0.05) is 39.0 Å². The summed E-state index contributed by atoms with van der Waals surface area (Å²) in [5.41, 5.74) is 1.28. The van der Waals surface area contributed by atoms with Gasteiger partial charge in [0.05, 0.1) is 0 Å². The van der Waals surface area contributed by atoms with E-state index in [0.717, 1.165) is 25.9 Å². The molecule has 0 fully saturated rings. The molecule has 2 aromatic rings. The Morgan fingerprint density at radius 1 is 0.929 bits per heavy atom. The Morgan fingerprint density at radius 2 is 1.54 bits per heavy atom. The number of rotatable bonds is 10. The Bertz CT molecular complexity index is 738. The smallest absolute Gasteiger partial charge is 0.265 e. The molecule has 1 N–H and O–H groups in total. The Kier molecular flexibility index (Phi) is 8.53. The molecule has 2 amide bonds. The first kappa shape index (κ1) is 21.5. The van der Waals surface area contributed by atoms with Crippen LogP contribution in [0.25, 0.3) is 0 Å². The summed E-state index contributed by atoms with van der Waals surface area (Å²) >= 11 is 0. The number of ether oxygens (including phenoxy) is 1. The molecule has 0 saturated carbocycles. The maximum Gasteiger partial charge on any atom is 0.265 e. The lowest BCUT2D eigenvalue weighted by Crippen LogP contribution is -2.33. The molecule has 2 rings (SSSR count). The van der Waals surface area contributed by atoms with Gasteiger partial charge in [-0.25, -0.2) is 0 Å². The first-order chi connectivity index (χ1) is 13.6. The monoisotopic (exact) mass is 382 g/mol. The van der Waals surface area contributed by atoms with Crippen LogP contribution in [0.1, 0.15) is 50.4 Å². The molecule has 0 heterocycles. The average molecular weight is 383 g/mol. The summed E-state index contributed by atoms with van der Waals surface area (Å²) in [5.74, 6) is 0.488. The Hall–Kier alpha value is -2.82. The first-order valence-electron chi connectivity index (χ1n) is 10.0. The molecule has 2 aromatic carbocycles. The SMILES string of the molecule is CCCN(CCC)C(=O)c1ccc(NC(=O)C(CC)Oc2ccccc2)cc1. The average Bonchev–Trinajstić information content (AvgIpc) is 2.72. The number of nitrogens with one attached hydrogen (secondary N) is 1. The van der Waals surface area contributed by atoms with Crippen molar-refractivity contribution in [3.63, 3.8) is 0 Å². The Labute approximate surface area is 167 Å². The van der Waals surface area contributed by atoms with Crippen LogP contribution in [0, 0.1) is 0 Å². The van der Waals surface area contributed by atoms with Gasteiger partial charge in [0.25, 0.3) is 11.8 Å². The lowest BCUT2D eigenvalue weighted by atomic mass is 10.1. The van der Waals surface area contributed by atoms with Crippen LogP contribution in [0.3, 0.4) is 0 Å². The molecule has 0 aromatic heterocycles. The van der Waals surface area contributed by atoms with E-state index in [1.54, 1.807) is 24.3 Å². The van der Waals surface area contributed by atoms with Crippen LogP contribution in [0.15, 0.2) is 54.6 Å². The van der Waals surface area contributed by atoms with E-state index in [0.29, 0.717) is 23.4 Å². The number of carbonyl (C=O) groups excluding carboxylic acids is 2. The quantitative estimate of drug-likeness (QED) is 0.645. The minimum Gasteiger partial charge on any atom is -0.481 e. The highest BCUT2D eigenvalue weighted by Gasteiger charge is 2.19. The number of anilines is 1. The minimum atomic E-state index is -0.576. The summed E-state index contributed by atoms with van der Waals surface area (Å²) in [6, 6.07) is 16.3. The second-order valence-electron chi connectivity index (χ2n) is 6.69. The maximum absolute atomic E-state index is 12.6. The molecular weight excluding hydrogens is 352 g/mol. The van der Waals surface area contributed by atoms with Gasteiger partial charge in [-0.2, -0.15) is 0 Å². The summed E-state index contributed by atoms with van der Waals surface area (Å²) in [5, 5.41) is 2.87. The van der Waals surface area contributed by atoms with E-state index in [-0.39, 0.29) is 11.8 Å². The summed E-state index contributed by atoms with van der Waals surface area (Å²) in [6.07, 6.45) is 1.84. The molecule has 0 bridgehead atoms. The van der Waals surface area contributed by atoms with Crippen LogP contribution in [0.4, 0.5) is 5.69 Å². The molecule has 0 saturated heterocycles. The zero-order valence-electron chi connectivity index (χ0n) is 17.0. The van der Waals surface area contributed by atoms with Gasteiger partial charge in [-0.05, 0) is 55.7 Å². The molecule has 5 nitrogen and oxygen atoms in total. The van der Waals surface area contributed by atoms with Crippen molar-refractivity contribution in [1.82, 2.24) is 4.90 Å². The van der Waals surface area contributed by atoms with Crippen molar-refractivity contribution in [3.8, 4) is 5.75 Å². The van der Waals surface area contributed by atoms with Crippen molar-refractivity contribution in [3.05, 3.63) is 60.2 Å². The molecule has 0 radical (unpaired) electrons. The third kappa shape index (κ3) is 6.12. The van der Waals surface area contributed by atoms with Gasteiger partial charge in [0, 0.05) is 24.3 Å². The molecule has 0 aliphatic carbocycles. The molecule has 5 heteroatoms. The van der Waals surface area contributed by atoms with Gasteiger partial charge >= 0.3 is 0 Å². The van der Waals surface area contributed by atoms with E-state index < -0.39 is 6.10 Å². The predicted octanol–water partition coefficient (Wildman–Crippen LogP) is 4.74. The van der Waals surface area contributed by atoms with Gasteiger partial charge in [0.1, 0.15) is 5.75 Å². The van der Waals surface area contributed by atoms with Gasteiger partial charge < -0.3 is 15.0 Å². The van der Waals surface area contributed by atoms with Gasteiger partial charge in [0.15, 0.2) is 6.10 Å². The fraction of sp³-hybridized carbons (Fsp3) is 0.391. The van der Waals surface area contributed by atoms with Crippen LogP contribution in [-0.4, -0.2) is 35.9 Å². The number of hydrogen-bond acceptors (Lipinski definition) is 3. The van der Waals surface area contributed by atoms with E-state index in [4.69, 9.17) is 4.74 Å². The Balaban J connectivity index is 2.00. The predicted molar refractivity (Wildman–Crippen MR) is 113 cm³/mol. The first-order valence-corrected chi connectivity index (χ1v) is 10.0. The van der Waals surface area contributed by atoms with E-state index in [9.17, 15) is 9.59 Å². The second-order valence-corrected chi connectivity index (χ2v) is 6.69. The number of para-hydroxylation sites is 1. The zero-order chi connectivity index (χ0) is 20.4. The van der Waals surface area contributed by atoms with Gasteiger partial charge in [-0.3, -0.25) is 9.59 Å². The Morgan fingerprint density at radius 3 is 2.07 bits per heavy atom. The molecule has 150 valence electrons. The molecule has 1 unspecified atom stereocenters. The third-order valence-corrected chi connectivity index (χ3v) is 4.36. The van der Waals surface area contributed by atoms with Crippen molar-refractivity contribution in [1.29, 1.82) is 0 Å². The summed E-state index contributed by atoms with van der Waals surface area (Å²) in [6.45, 7) is 7.54. The van der Waals surface area contributed by atoms with Gasteiger partial charge in [0.2, 0.25) is 0 Å². The third-order valence-electron chi connectivity index (χ3n) is 4.36. The van der Waals surface area contributed by atoms with E-state index in [2.05, 4.69) is 19.2 Å². The molecular formula is C23H30N2O3. The highest BCUT2D eigenvalue weighted by Crippen LogP contribution is 2.16. The van der Waals surface area contributed by atoms with Crippen LogP contribution in [-0.2, 0) is 4.79 Å². The summed E-state index contributed by atoms with van der Waals surface area (Å²) in [7, 11) is 0. The lowest BCUT2D eigenvalue weighted by Gasteiger charge is -2.21. The number of nitrogens with zero attached hydrogens (tertiary/aromatic N) is 1. The molecule has 28 heavy (non-hydrogen) atoms. The van der Waals surface area contributed by atoms with Crippen LogP contribution in [0.2, 0.25) is 0 Å². The summed E-state index contributed by atoms with van der Waals surface area (Å²) < 4.78 is 5.77. The van der Waals surface area contributed by atoms with Crippen LogP contribution < -0.4 is 10.1 Å². The molecule has 0 aliphatic rings. The fourth-order valence-corrected chi connectivity index (χ4v) is 2.94. The highest BCUT2D eigenvalue weighted by atomic mass is 16.5. The highest BCUT2D eigenvalue weighted by molar-refractivity contribution is 5.97. The van der Waals surface area contributed by atoms with Gasteiger partial charge in [-0.15, -0.1) is 0 Å². The van der Waals surface area contributed by atoms with E-state index >= 15 is 0 Å². The molecule has 0 spiro atoms. The second kappa shape index (κ2) is 11.1. The normalized spacial score (nSPS) is 11.5. The van der Waals surface area contributed by atoms with Crippen molar-refractivity contribution in [2.45, 2.75) is 46.1 Å². The maximum atomic E-state index is 12.6. The van der Waals surface area contributed by atoms with E-state index in [1.165, 1.54) is 0 Å². The minimum absolute atomic E-state index is 0.0282. The van der Waals surface area contributed by atoms with E-state index in [1.807, 2.05) is 42.2 Å². The number of carbonyl (C=O) groups is 2. The number of benzene rings is 2. The number of amides is 2. The molecule has 0 aliphatic heterocycles. The van der Waals surface area contributed by atoms with Crippen molar-refractivity contribution in [2.75, 3.05) is 18.4 Å². The van der Waals surface area contributed by atoms with Crippen LogP contribution >= 0.6 is 0 Å². The summed E-state index contributed by atoms with van der Waals surface area (Å²) in [4.78, 5) is 27.0. The zero-order valence-corrected chi connectivity index (χ0v) is 17.0. The van der Waals surface area contributed by atoms with Crippen molar-refractivity contribution >= 4 is 17.5 Å². The fourth-order valence-electron chi connectivity index (χ4n) is 2.94. The van der Waals surface area contributed by atoms with Crippen LogP contribution in [0.5, 0.6) is 5.75 Å². The largest absolute Gasteiger partial charge is 0.481 e. The van der Waals surface area contributed by atoms with Crippen molar-refractivity contribution in [2.24, 2.45) is 0 Å². The topological polar surface area (TPSA) is 58.6 Å². The standard InChI is InChI=1S/C23H30N2O3/c1-4-16-25(17-5-2)23(27)18-12-14-19(15-13-18)24-22(26)21(6-3)28-20-10-8-7-9-11-20/h7-15,21H,4-6,16-17H2,1-3H3,(H,24,26). The number of hydrogen-bond donors (Lipinski definition) is 1. The van der Waals surface area contributed by atoms with Crippen molar-refractivity contribution < 1.29 is 14.3 Å².